The molecule has 0 aromatic rings. The molecule has 1 aliphatic carbocycles. The van der Waals surface area contributed by atoms with E-state index in [-0.39, 0.29) is 45.5 Å². The molecule has 0 radical (unpaired) electrons. The molecule has 2 rings (SSSR count). The van der Waals surface area contributed by atoms with Crippen molar-refractivity contribution in [1.29, 1.82) is 0 Å². The van der Waals surface area contributed by atoms with Crippen LogP contribution in [0.4, 0.5) is 0 Å². The van der Waals surface area contributed by atoms with E-state index in [9.17, 15) is 35.1 Å². The van der Waals surface area contributed by atoms with Gasteiger partial charge in [0.25, 0.3) is 5.91 Å². The van der Waals surface area contributed by atoms with E-state index in [0.29, 0.717) is 5.76 Å². The fourth-order valence-electron chi connectivity index (χ4n) is 4.82. The average molecular weight is 638 g/mol. The molecule has 16 N–H and O–H groups in total. The summed E-state index contributed by atoms with van der Waals surface area (Å²) < 4.78 is 23.6. The number of aliphatic hydroxyl groups excluding tert-OH is 5. The summed E-state index contributed by atoms with van der Waals surface area (Å²) in [5.41, 5.74) is 23.0. The normalized spacial score (nSPS) is 30.7. The van der Waals surface area contributed by atoms with Crippen LogP contribution < -0.4 is 38.9 Å². The van der Waals surface area contributed by atoms with Gasteiger partial charge in [-0.3, -0.25) is 9.59 Å². The van der Waals surface area contributed by atoms with Gasteiger partial charge < -0.3 is 83.4 Å². The average Bonchev–Trinajstić information content (AvgIpc) is 3.01. The van der Waals surface area contributed by atoms with Gasteiger partial charge >= 0.3 is 0 Å². The molecule has 2 aliphatic rings. The second-order valence-corrected chi connectivity index (χ2v) is 10.8. The second kappa shape index (κ2) is 18.8. The van der Waals surface area contributed by atoms with Gasteiger partial charge in [-0.2, -0.15) is 0 Å². The zero-order valence-electron chi connectivity index (χ0n) is 25.2. The van der Waals surface area contributed by atoms with Crippen molar-refractivity contribution in [3.8, 4) is 0 Å². The lowest BCUT2D eigenvalue weighted by Crippen LogP contribution is -2.67. The van der Waals surface area contributed by atoms with Gasteiger partial charge in [0.15, 0.2) is 6.29 Å². The lowest BCUT2D eigenvalue weighted by atomic mass is 9.83. The summed E-state index contributed by atoms with van der Waals surface area (Å²) in [6, 6.07) is -3.33. The Bertz CT molecular complexity index is 920. The first-order valence-electron chi connectivity index (χ1n) is 14.7. The Kier molecular flexibility index (Phi) is 16.3. The molecule has 0 spiro atoms. The van der Waals surface area contributed by atoms with Crippen LogP contribution in [0.3, 0.4) is 0 Å². The molecule has 1 heterocycles. The number of nitrogens with two attached hydrogens (primary N) is 4. The molecule has 2 amide bonds. The summed E-state index contributed by atoms with van der Waals surface area (Å²) in [7, 11) is 1.60. The highest BCUT2D eigenvalue weighted by molar-refractivity contribution is 5.81. The van der Waals surface area contributed by atoms with Crippen LogP contribution in [0.15, 0.2) is 11.8 Å². The van der Waals surface area contributed by atoms with Gasteiger partial charge in [0.2, 0.25) is 12.2 Å². The first-order chi connectivity index (χ1) is 20.9. The topological polar surface area (TPSA) is 312 Å². The molecule has 0 aromatic heterocycles. The number of hydrogen-bond donors (Lipinski definition) is 12. The third kappa shape index (κ3) is 10.5. The molecule has 18 heteroatoms. The van der Waals surface area contributed by atoms with Crippen molar-refractivity contribution in [1.82, 2.24) is 16.0 Å². The van der Waals surface area contributed by atoms with Crippen LogP contribution in [0, 0.1) is 0 Å². The lowest BCUT2D eigenvalue weighted by molar-refractivity contribution is -0.273. The van der Waals surface area contributed by atoms with Crippen molar-refractivity contribution in [2.45, 2.75) is 99.6 Å². The monoisotopic (exact) mass is 637 g/mol. The molecule has 1 fully saturated rings. The van der Waals surface area contributed by atoms with E-state index in [1.54, 1.807) is 20.0 Å². The Balaban J connectivity index is 2.39. The maximum Gasteiger partial charge on any atom is 0.250 e. The Morgan fingerprint density at radius 1 is 1.09 bits per heavy atom. The Hall–Kier alpha value is -2.04. The number of likely N-dealkylation sites (N-methyl/N-ethyl adjacent to an activating group) is 1. The van der Waals surface area contributed by atoms with Gasteiger partial charge in [0.1, 0.15) is 42.4 Å². The Morgan fingerprint density at radius 2 is 1.75 bits per heavy atom. The maximum absolute atomic E-state index is 12.7. The van der Waals surface area contributed by atoms with E-state index < -0.39 is 91.8 Å². The highest BCUT2D eigenvalue weighted by atomic mass is 16.7. The van der Waals surface area contributed by atoms with Crippen molar-refractivity contribution in [2.24, 2.45) is 22.9 Å². The van der Waals surface area contributed by atoms with E-state index in [4.69, 9.17) is 41.9 Å². The molecule has 44 heavy (non-hydrogen) atoms. The van der Waals surface area contributed by atoms with Crippen molar-refractivity contribution in [3.05, 3.63) is 11.8 Å². The molecule has 0 saturated heterocycles. The minimum Gasteiger partial charge on any atom is -0.466 e. The van der Waals surface area contributed by atoms with Crippen LogP contribution in [0.25, 0.3) is 0 Å². The summed E-state index contributed by atoms with van der Waals surface area (Å²) in [5, 5.41) is 60.0. The first-order valence-corrected chi connectivity index (χ1v) is 14.7. The molecule has 1 aliphatic heterocycles. The van der Waals surface area contributed by atoms with E-state index in [0.717, 1.165) is 0 Å². The van der Waals surface area contributed by atoms with Gasteiger partial charge in [0.05, 0.1) is 31.8 Å². The Labute approximate surface area is 256 Å². The van der Waals surface area contributed by atoms with Crippen LogP contribution in [-0.2, 0) is 28.5 Å². The van der Waals surface area contributed by atoms with Crippen molar-refractivity contribution >= 4 is 11.8 Å². The van der Waals surface area contributed by atoms with E-state index in [1.165, 1.54) is 0 Å². The first kappa shape index (κ1) is 38.1. The molecule has 0 bridgehead atoms. The molecular weight excluding hydrogens is 586 g/mol. The number of amides is 2. The summed E-state index contributed by atoms with van der Waals surface area (Å²) in [6.45, 7) is 0.795. The molecule has 0 aromatic carbocycles. The highest BCUT2D eigenvalue weighted by Gasteiger charge is 2.49. The summed E-state index contributed by atoms with van der Waals surface area (Å²) in [5.74, 6) is -1.18. The number of hydrogen-bond acceptors (Lipinski definition) is 16. The maximum atomic E-state index is 12.7. The van der Waals surface area contributed by atoms with E-state index >= 15 is 0 Å². The molecule has 12 atom stereocenters. The summed E-state index contributed by atoms with van der Waals surface area (Å²) >= 11 is 0. The van der Waals surface area contributed by atoms with E-state index in [2.05, 4.69) is 16.0 Å². The van der Waals surface area contributed by atoms with Gasteiger partial charge in [0, 0.05) is 18.6 Å². The molecule has 1 saturated carbocycles. The van der Waals surface area contributed by atoms with E-state index in [1.807, 2.05) is 0 Å². The van der Waals surface area contributed by atoms with Crippen molar-refractivity contribution < 1.29 is 54.1 Å². The largest absolute Gasteiger partial charge is 0.466 e. The minimum absolute atomic E-state index is 0.0155. The quantitative estimate of drug-likeness (QED) is 0.0622. The third-order valence-electron chi connectivity index (χ3n) is 7.54. The van der Waals surface area contributed by atoms with Gasteiger partial charge in [-0.25, -0.2) is 0 Å². The minimum atomic E-state index is -1.59. The lowest BCUT2D eigenvalue weighted by Gasteiger charge is -2.46. The fraction of sp³-hybridized carbons (Fsp3) is 0.846. The van der Waals surface area contributed by atoms with Crippen molar-refractivity contribution in [3.63, 3.8) is 0 Å². The molecular formula is C26H51N7O11. The zero-order chi connectivity index (χ0) is 33.0. The van der Waals surface area contributed by atoms with Crippen LogP contribution in [0.2, 0.25) is 0 Å². The molecule has 1 unspecified atom stereocenters. The van der Waals surface area contributed by atoms with Crippen LogP contribution in [-0.4, -0.2) is 151 Å². The fourth-order valence-corrected chi connectivity index (χ4v) is 4.82. The number of aliphatic hydroxyl groups is 5. The van der Waals surface area contributed by atoms with Crippen LogP contribution in [0.1, 0.15) is 26.2 Å². The number of carbonyl (C=O) groups is 2. The number of ether oxygens (including phenoxy) is 4. The summed E-state index contributed by atoms with van der Waals surface area (Å²) in [4.78, 5) is 25.1. The SMILES string of the molecule is CN[C@@H](C)[C@@H](O)[C@H](OCCO)O[C@@H]1[C@@H](O)[C@H](O[C@H]2OC(CN)=CC[C@H]2NC(=O)C(O)CN)[C@@H](N)C[C@H]1NC(=O)[C@@H](O)CCN. The van der Waals surface area contributed by atoms with Gasteiger partial charge in [-0.15, -0.1) is 0 Å². The number of rotatable bonds is 18. The number of carbonyl (C=O) groups excluding carboxylic acids is 2. The van der Waals surface area contributed by atoms with Crippen LogP contribution >= 0.6 is 0 Å². The summed E-state index contributed by atoms with van der Waals surface area (Å²) in [6.07, 6.45) is -9.15. The van der Waals surface area contributed by atoms with Crippen LogP contribution in [0.5, 0.6) is 0 Å². The van der Waals surface area contributed by atoms with Crippen molar-refractivity contribution in [2.75, 3.05) is 39.9 Å². The highest BCUT2D eigenvalue weighted by Crippen LogP contribution is 2.30. The molecule has 256 valence electrons. The van der Waals surface area contributed by atoms with Gasteiger partial charge in [-0.1, -0.05) is 0 Å². The molecule has 18 nitrogen and oxygen atoms in total. The second-order valence-electron chi connectivity index (χ2n) is 10.8. The third-order valence-corrected chi connectivity index (χ3v) is 7.54. The standard InChI is InChI=1S/C26H51N7O11/c1-12(31-2)19(37)26(41-8-7-34)44-22-16(33-23(39)17(35)5-6-27)9-14(30)21(20(22)38)43-25-15(4-3-13(10-28)42-25)32-24(40)18(36)11-29/h3,12,14-22,25-26,31,34-38H,4-11,27-30H2,1-2H3,(H,32,40)(H,33,39)/t12-,14-,15+,16+,17-,18?,19+,20-,21+,22-,25+,26+/m0/s1. The smallest absolute Gasteiger partial charge is 0.250 e. The number of nitrogens with one attached hydrogen (secondary N) is 3. The predicted molar refractivity (Wildman–Crippen MR) is 155 cm³/mol. The Morgan fingerprint density at radius 3 is 2.34 bits per heavy atom. The zero-order valence-corrected chi connectivity index (χ0v) is 25.2. The van der Waals surface area contributed by atoms with Gasteiger partial charge in [-0.05, 0) is 45.9 Å². The predicted octanol–water partition coefficient (Wildman–Crippen LogP) is -6.26.